The number of alkyl halides is 3. The van der Waals surface area contributed by atoms with Gasteiger partial charge in [0.25, 0.3) is 0 Å². The molecule has 112 valence electrons. The van der Waals surface area contributed by atoms with Gasteiger partial charge < -0.3 is 19.7 Å². The molecule has 1 aromatic carbocycles. The molecule has 1 aliphatic heterocycles. The summed E-state index contributed by atoms with van der Waals surface area (Å²) in [6.45, 7) is -0.495. The first-order valence-electron chi connectivity index (χ1n) is 6.08. The Morgan fingerprint density at radius 3 is 2.50 bits per heavy atom. The summed E-state index contributed by atoms with van der Waals surface area (Å²) in [5.41, 5.74) is 0.774. The zero-order chi connectivity index (χ0) is 14.8. The van der Waals surface area contributed by atoms with Crippen molar-refractivity contribution in [2.24, 2.45) is 0 Å². The molecule has 0 bridgehead atoms. The number of hydrogen-bond donors (Lipinski definition) is 2. The molecule has 0 radical (unpaired) electrons. The van der Waals surface area contributed by atoms with Crippen LogP contribution in [-0.2, 0) is 16.1 Å². The molecular formula is C13H15F3O4. The molecule has 4 atom stereocenters. The van der Waals surface area contributed by atoms with Gasteiger partial charge in [-0.15, -0.1) is 0 Å². The van der Waals surface area contributed by atoms with Crippen LogP contribution >= 0.6 is 0 Å². The first-order valence-corrected chi connectivity index (χ1v) is 6.08. The highest BCUT2D eigenvalue weighted by Gasteiger charge is 2.58. The van der Waals surface area contributed by atoms with Crippen molar-refractivity contribution in [1.29, 1.82) is 0 Å². The van der Waals surface area contributed by atoms with Crippen LogP contribution in [0.3, 0.4) is 0 Å². The Morgan fingerprint density at radius 1 is 1.20 bits per heavy atom. The highest BCUT2D eigenvalue weighted by atomic mass is 19.3. The summed E-state index contributed by atoms with van der Waals surface area (Å²) in [6, 6.07) is 8.84. The van der Waals surface area contributed by atoms with Crippen LogP contribution in [0.2, 0.25) is 0 Å². The van der Waals surface area contributed by atoms with Crippen molar-refractivity contribution >= 4 is 0 Å². The molecule has 20 heavy (non-hydrogen) atoms. The first-order chi connectivity index (χ1) is 9.43. The molecule has 0 aliphatic carbocycles. The molecule has 1 fully saturated rings. The third-order valence-corrected chi connectivity index (χ3v) is 3.08. The summed E-state index contributed by atoms with van der Waals surface area (Å²) >= 11 is 0. The van der Waals surface area contributed by atoms with E-state index in [0.717, 1.165) is 5.56 Å². The molecule has 7 heteroatoms. The van der Waals surface area contributed by atoms with E-state index in [2.05, 4.69) is 4.74 Å². The fourth-order valence-corrected chi connectivity index (χ4v) is 1.90. The van der Waals surface area contributed by atoms with Gasteiger partial charge in [0.05, 0.1) is 13.2 Å². The SMILES string of the molecule is O[C@@H]1O[C@@H](COCc2ccccc2)C(F)(F)[C@@H](O)[C@H]1F. The van der Waals surface area contributed by atoms with Crippen LogP contribution in [0.1, 0.15) is 5.56 Å². The zero-order valence-electron chi connectivity index (χ0n) is 10.5. The summed E-state index contributed by atoms with van der Waals surface area (Å²) in [4.78, 5) is 0. The highest BCUT2D eigenvalue weighted by Crippen LogP contribution is 2.35. The maximum Gasteiger partial charge on any atom is 0.304 e. The fraction of sp³-hybridized carbons (Fsp3) is 0.538. The maximum absolute atomic E-state index is 13.6. The summed E-state index contributed by atoms with van der Waals surface area (Å²) in [5.74, 6) is -3.82. The lowest BCUT2D eigenvalue weighted by atomic mass is 9.99. The van der Waals surface area contributed by atoms with Crippen LogP contribution < -0.4 is 0 Å². The standard InChI is InChI=1S/C13H15F3O4/c14-10-11(17)13(15,16)9(20-12(10)18)7-19-6-8-4-2-1-3-5-8/h1-5,9-12,17-18H,6-7H2/t9-,10+,11-,12+/m0/s1. The molecule has 0 saturated carbocycles. The largest absolute Gasteiger partial charge is 0.383 e. The van der Waals surface area contributed by atoms with Gasteiger partial charge in [-0.25, -0.2) is 13.2 Å². The molecule has 1 heterocycles. The van der Waals surface area contributed by atoms with Gasteiger partial charge >= 0.3 is 5.92 Å². The second kappa shape index (κ2) is 6.09. The minimum absolute atomic E-state index is 0.0715. The van der Waals surface area contributed by atoms with E-state index in [1.165, 1.54) is 0 Å². The lowest BCUT2D eigenvalue weighted by Crippen LogP contribution is -2.61. The third-order valence-electron chi connectivity index (χ3n) is 3.08. The molecule has 1 saturated heterocycles. The monoisotopic (exact) mass is 292 g/mol. The van der Waals surface area contributed by atoms with Gasteiger partial charge in [0.1, 0.15) is 0 Å². The number of benzene rings is 1. The molecule has 0 amide bonds. The van der Waals surface area contributed by atoms with E-state index in [9.17, 15) is 13.2 Å². The number of ether oxygens (including phenoxy) is 2. The van der Waals surface area contributed by atoms with E-state index in [1.807, 2.05) is 0 Å². The van der Waals surface area contributed by atoms with Crippen molar-refractivity contribution in [3.8, 4) is 0 Å². The van der Waals surface area contributed by atoms with E-state index < -0.39 is 37.2 Å². The first kappa shape index (κ1) is 15.2. The quantitative estimate of drug-likeness (QED) is 0.877. The Kier molecular flexibility index (Phi) is 4.64. The fourth-order valence-electron chi connectivity index (χ4n) is 1.90. The van der Waals surface area contributed by atoms with E-state index in [0.29, 0.717) is 0 Å². The topological polar surface area (TPSA) is 58.9 Å². The van der Waals surface area contributed by atoms with E-state index in [4.69, 9.17) is 14.9 Å². The van der Waals surface area contributed by atoms with Gasteiger partial charge in [0.15, 0.2) is 24.7 Å². The number of halogens is 3. The molecule has 2 rings (SSSR count). The number of hydrogen-bond acceptors (Lipinski definition) is 4. The zero-order valence-corrected chi connectivity index (χ0v) is 10.5. The smallest absolute Gasteiger partial charge is 0.304 e. The van der Waals surface area contributed by atoms with E-state index >= 15 is 0 Å². The lowest BCUT2D eigenvalue weighted by Gasteiger charge is -2.39. The Balaban J connectivity index is 1.91. The highest BCUT2D eigenvalue weighted by molar-refractivity contribution is 5.13. The van der Waals surface area contributed by atoms with Crippen LogP contribution in [0.25, 0.3) is 0 Å². The maximum atomic E-state index is 13.6. The summed E-state index contributed by atoms with van der Waals surface area (Å²) in [6.07, 6.45) is -9.15. The molecule has 1 aliphatic rings. The summed E-state index contributed by atoms with van der Waals surface area (Å²) in [5, 5.41) is 18.3. The average molecular weight is 292 g/mol. The molecule has 0 aromatic heterocycles. The second-order valence-corrected chi connectivity index (χ2v) is 4.58. The minimum Gasteiger partial charge on any atom is -0.383 e. The molecule has 4 nitrogen and oxygen atoms in total. The van der Waals surface area contributed by atoms with Gasteiger partial charge in [-0.2, -0.15) is 0 Å². The molecule has 0 spiro atoms. The predicted octanol–water partition coefficient (Wildman–Crippen LogP) is 1.25. The Labute approximate surface area is 113 Å². The van der Waals surface area contributed by atoms with Crippen LogP contribution in [0.15, 0.2) is 30.3 Å². The number of aliphatic hydroxyl groups excluding tert-OH is 2. The van der Waals surface area contributed by atoms with Crippen molar-refractivity contribution in [3.63, 3.8) is 0 Å². The van der Waals surface area contributed by atoms with Crippen molar-refractivity contribution in [3.05, 3.63) is 35.9 Å². The minimum atomic E-state index is -3.82. The lowest BCUT2D eigenvalue weighted by molar-refractivity contribution is -0.325. The van der Waals surface area contributed by atoms with E-state index in [-0.39, 0.29) is 6.61 Å². The van der Waals surface area contributed by atoms with Crippen LogP contribution in [0.4, 0.5) is 13.2 Å². The second-order valence-electron chi connectivity index (χ2n) is 4.58. The molecule has 1 aromatic rings. The Hall–Kier alpha value is -1.15. The molecule has 0 unspecified atom stereocenters. The van der Waals surface area contributed by atoms with Crippen molar-refractivity contribution in [2.75, 3.05) is 6.61 Å². The van der Waals surface area contributed by atoms with E-state index in [1.54, 1.807) is 30.3 Å². The normalized spacial score (nSPS) is 33.0. The van der Waals surface area contributed by atoms with Gasteiger partial charge in [-0.1, -0.05) is 30.3 Å². The Morgan fingerprint density at radius 2 is 1.85 bits per heavy atom. The van der Waals surface area contributed by atoms with Gasteiger partial charge in [-0.3, -0.25) is 0 Å². The van der Waals surface area contributed by atoms with Gasteiger partial charge in [-0.05, 0) is 5.56 Å². The van der Waals surface area contributed by atoms with Crippen molar-refractivity contribution in [1.82, 2.24) is 0 Å². The number of aliphatic hydroxyl groups is 2. The predicted molar refractivity (Wildman–Crippen MR) is 62.8 cm³/mol. The summed E-state index contributed by atoms with van der Waals surface area (Å²) < 4.78 is 49.8. The van der Waals surface area contributed by atoms with Crippen molar-refractivity contribution < 1.29 is 32.9 Å². The molecular weight excluding hydrogens is 277 g/mol. The van der Waals surface area contributed by atoms with Gasteiger partial charge in [0, 0.05) is 0 Å². The van der Waals surface area contributed by atoms with Crippen molar-refractivity contribution in [2.45, 2.75) is 37.2 Å². The van der Waals surface area contributed by atoms with Crippen LogP contribution in [0, 0.1) is 0 Å². The van der Waals surface area contributed by atoms with Gasteiger partial charge in [0.2, 0.25) is 0 Å². The number of rotatable bonds is 4. The van der Waals surface area contributed by atoms with Crippen LogP contribution in [0.5, 0.6) is 0 Å². The third kappa shape index (κ3) is 3.12. The summed E-state index contributed by atoms with van der Waals surface area (Å²) in [7, 11) is 0. The Bertz CT molecular complexity index is 429. The van der Waals surface area contributed by atoms with Crippen LogP contribution in [-0.4, -0.2) is 47.4 Å². The average Bonchev–Trinajstić information content (AvgIpc) is 2.44. The molecule has 2 N–H and O–H groups in total.